The molecule has 0 spiro atoms. The predicted molar refractivity (Wildman–Crippen MR) is 137 cm³/mol. The summed E-state index contributed by atoms with van der Waals surface area (Å²) >= 11 is 11.3. The average Bonchev–Trinajstić information content (AvgIpc) is 2.67. The van der Waals surface area contributed by atoms with Gasteiger partial charge in [0.25, 0.3) is 0 Å². The molecule has 0 aliphatic carbocycles. The Morgan fingerprint density at radius 1 is 0.552 bits per heavy atom. The van der Waals surface area contributed by atoms with E-state index in [0.717, 1.165) is 25.7 Å². The van der Waals surface area contributed by atoms with Gasteiger partial charge in [0.15, 0.2) is 0 Å². The lowest BCUT2D eigenvalue weighted by Crippen LogP contribution is -2.04. The Morgan fingerprint density at radius 2 is 0.862 bits per heavy atom. The van der Waals surface area contributed by atoms with Crippen molar-refractivity contribution in [1.29, 1.82) is 0 Å². The minimum Gasteiger partial charge on any atom is -0.0893 e. The molecule has 2 aromatic rings. The van der Waals surface area contributed by atoms with Gasteiger partial charge < -0.3 is 0 Å². The van der Waals surface area contributed by atoms with Crippen LogP contribution in [0.2, 0.25) is 0 Å². The molecule has 0 N–H and O–H groups in total. The quantitative estimate of drug-likeness (QED) is 0.249. The van der Waals surface area contributed by atoms with E-state index in [2.05, 4.69) is 64.1 Å². The first-order chi connectivity index (χ1) is 13.9. The van der Waals surface area contributed by atoms with Crippen LogP contribution in [0.25, 0.3) is 0 Å². The van der Waals surface area contributed by atoms with Gasteiger partial charge >= 0.3 is 0 Å². The number of rotatable bonds is 12. The van der Waals surface area contributed by atoms with Crippen molar-refractivity contribution in [2.75, 3.05) is 0 Å². The monoisotopic (exact) mass is 424 g/mol. The molecule has 0 unspecified atom stereocenters. The Hall–Kier alpha value is -1.38. The normalized spacial score (nSPS) is 10.9. The third-order valence-electron chi connectivity index (χ3n) is 5.95. The van der Waals surface area contributed by atoms with Crippen molar-refractivity contribution in [1.82, 2.24) is 0 Å². The third kappa shape index (κ3) is 8.10. The molecule has 2 aromatic carbocycles. The number of unbranched alkanes of at least 4 members (excludes halogenated alkanes) is 4. The molecule has 2 rings (SSSR count). The Bertz CT molecular complexity index is 722. The number of hydrogen-bond acceptors (Lipinski definition) is 2. The van der Waals surface area contributed by atoms with Crippen molar-refractivity contribution in [3.8, 4) is 0 Å². The van der Waals surface area contributed by atoms with Gasteiger partial charge in [0.1, 0.15) is 0 Å². The number of benzene rings is 2. The fourth-order valence-corrected chi connectivity index (χ4v) is 4.58. The average molecular weight is 425 g/mol. The smallest absolute Gasteiger partial charge is 0.00434 e. The number of thiocarbonyl (C=S) groups is 2. The Kier molecular flexibility index (Phi) is 10.2. The van der Waals surface area contributed by atoms with Crippen LogP contribution in [-0.4, -0.2) is 9.73 Å². The first-order valence-electron chi connectivity index (χ1n) is 11.0. The van der Waals surface area contributed by atoms with E-state index >= 15 is 0 Å². The van der Waals surface area contributed by atoms with Gasteiger partial charge in [-0.05, 0) is 96.5 Å². The first kappa shape index (κ1) is 23.9. The molecule has 0 atom stereocenters. The molecule has 0 aliphatic rings. The summed E-state index contributed by atoms with van der Waals surface area (Å²) in [5.41, 5.74) is 8.31. The lowest BCUT2D eigenvalue weighted by molar-refractivity contribution is 0.632. The van der Waals surface area contributed by atoms with Crippen LogP contribution in [0.3, 0.4) is 0 Å². The summed E-state index contributed by atoms with van der Waals surface area (Å²) in [6.07, 6.45) is 10.3. The molecule has 29 heavy (non-hydrogen) atoms. The van der Waals surface area contributed by atoms with Gasteiger partial charge in [-0.25, -0.2) is 0 Å². The van der Waals surface area contributed by atoms with Crippen molar-refractivity contribution >= 4 is 34.2 Å². The fourth-order valence-electron chi connectivity index (χ4n) is 4.00. The molecule has 0 aromatic heterocycles. The number of hydrogen-bond donors (Lipinski definition) is 0. The molecule has 0 heterocycles. The van der Waals surface area contributed by atoms with Crippen molar-refractivity contribution < 1.29 is 0 Å². The van der Waals surface area contributed by atoms with Crippen LogP contribution in [0.15, 0.2) is 36.4 Å². The summed E-state index contributed by atoms with van der Waals surface area (Å²) in [6, 6.07) is 13.0. The summed E-state index contributed by atoms with van der Waals surface area (Å²) in [5.74, 6) is 0. The van der Waals surface area contributed by atoms with Crippen molar-refractivity contribution in [2.24, 2.45) is 0 Å². The molecule has 0 radical (unpaired) electrons. The highest BCUT2D eigenvalue weighted by molar-refractivity contribution is 7.80. The van der Waals surface area contributed by atoms with E-state index in [1.165, 1.54) is 75.2 Å². The van der Waals surface area contributed by atoms with Crippen LogP contribution < -0.4 is 0 Å². The summed E-state index contributed by atoms with van der Waals surface area (Å²) in [7, 11) is 0. The van der Waals surface area contributed by atoms with Crippen LogP contribution in [0.5, 0.6) is 0 Å². The van der Waals surface area contributed by atoms with E-state index < -0.39 is 0 Å². The van der Waals surface area contributed by atoms with Gasteiger partial charge in [0, 0.05) is 12.8 Å². The van der Waals surface area contributed by atoms with Crippen LogP contribution in [0.1, 0.15) is 78.3 Å². The van der Waals surface area contributed by atoms with Crippen molar-refractivity contribution in [3.05, 3.63) is 69.8 Å². The Labute approximate surface area is 189 Å². The Balaban J connectivity index is 1.58. The first-order valence-corrected chi connectivity index (χ1v) is 11.8. The zero-order valence-corrected chi connectivity index (χ0v) is 20.3. The van der Waals surface area contributed by atoms with E-state index in [9.17, 15) is 0 Å². The summed E-state index contributed by atoms with van der Waals surface area (Å²) in [4.78, 5) is 2.41. The van der Waals surface area contributed by atoms with Gasteiger partial charge in [-0.2, -0.15) is 0 Å². The highest BCUT2D eigenvalue weighted by Crippen LogP contribution is 2.18. The molecule has 2 heteroatoms. The molecular weight excluding hydrogens is 388 g/mol. The molecule has 0 saturated heterocycles. The maximum absolute atomic E-state index is 5.66. The molecular formula is C27H36S2. The molecule has 0 saturated carbocycles. The van der Waals surface area contributed by atoms with Crippen LogP contribution in [-0.2, 0) is 12.8 Å². The van der Waals surface area contributed by atoms with E-state index in [1.54, 1.807) is 0 Å². The second kappa shape index (κ2) is 12.3. The topological polar surface area (TPSA) is 0 Å². The lowest BCUT2D eigenvalue weighted by atomic mass is 9.96. The SMILES string of the molecule is Cc1cccc(C)c1CC(=S)CCCCCCCC(=S)Cc1c(C)cccc1C. The molecule has 0 amide bonds. The van der Waals surface area contributed by atoms with E-state index in [-0.39, 0.29) is 0 Å². The highest BCUT2D eigenvalue weighted by Gasteiger charge is 2.07. The maximum atomic E-state index is 5.66. The summed E-state index contributed by atoms with van der Waals surface area (Å²) in [6.45, 7) is 8.76. The second-order valence-corrected chi connectivity index (χ2v) is 9.59. The minimum absolute atomic E-state index is 0.959. The van der Waals surface area contributed by atoms with Gasteiger partial charge in [0.2, 0.25) is 0 Å². The van der Waals surface area contributed by atoms with Crippen molar-refractivity contribution in [3.63, 3.8) is 0 Å². The predicted octanol–water partition coefficient (Wildman–Crippen LogP) is 8.18. The van der Waals surface area contributed by atoms with E-state index in [0.29, 0.717) is 0 Å². The molecule has 156 valence electrons. The lowest BCUT2D eigenvalue weighted by Gasteiger charge is -2.11. The zero-order valence-electron chi connectivity index (χ0n) is 18.6. The maximum Gasteiger partial charge on any atom is 0.00434 e. The second-order valence-electron chi connectivity index (χ2n) is 8.44. The molecule has 0 fully saturated rings. The summed E-state index contributed by atoms with van der Waals surface area (Å²) in [5, 5.41) is 0. The highest BCUT2D eigenvalue weighted by atomic mass is 32.1. The standard InChI is InChI=1S/C27H36S2/c1-20-12-10-13-21(2)26(20)18-24(28)16-8-6-5-7-9-17-25(29)19-27-22(3)14-11-15-23(27)4/h10-15H,5-9,16-19H2,1-4H3. The third-order valence-corrected chi connectivity index (χ3v) is 6.64. The molecule has 0 bridgehead atoms. The largest absolute Gasteiger partial charge is 0.0893 e. The molecule has 0 nitrogen and oxygen atoms in total. The minimum atomic E-state index is 0.959. The van der Waals surface area contributed by atoms with Gasteiger partial charge in [-0.15, -0.1) is 0 Å². The Morgan fingerprint density at radius 3 is 1.21 bits per heavy atom. The molecule has 0 aliphatic heterocycles. The van der Waals surface area contributed by atoms with Gasteiger partial charge in [-0.3, -0.25) is 0 Å². The van der Waals surface area contributed by atoms with Gasteiger partial charge in [0.05, 0.1) is 0 Å². The zero-order chi connectivity index (χ0) is 21.2. The van der Waals surface area contributed by atoms with E-state index in [4.69, 9.17) is 24.4 Å². The van der Waals surface area contributed by atoms with Crippen molar-refractivity contribution in [2.45, 2.75) is 85.5 Å². The fraction of sp³-hybridized carbons (Fsp3) is 0.481. The van der Waals surface area contributed by atoms with Crippen LogP contribution in [0.4, 0.5) is 0 Å². The summed E-state index contributed by atoms with van der Waals surface area (Å²) < 4.78 is 0. The van der Waals surface area contributed by atoms with Gasteiger partial charge in [-0.1, -0.05) is 80.1 Å². The van der Waals surface area contributed by atoms with Crippen LogP contribution >= 0.6 is 24.4 Å². The van der Waals surface area contributed by atoms with Crippen LogP contribution in [0, 0.1) is 27.7 Å². The van der Waals surface area contributed by atoms with E-state index in [1.807, 2.05) is 0 Å². The number of aryl methyl sites for hydroxylation is 4.